The summed E-state index contributed by atoms with van der Waals surface area (Å²) in [6.07, 6.45) is -0.616. The smallest absolute Gasteiger partial charge is 0.417 e. The Morgan fingerprint density at radius 1 is 0.625 bits per heavy atom. The minimum atomic E-state index is -0.616. The third-order valence-electron chi connectivity index (χ3n) is 4.59. The number of rotatable bonds is 5. The lowest BCUT2D eigenvalue weighted by atomic mass is 10.0. The average molecular weight is 425 g/mol. The van der Waals surface area contributed by atoms with Gasteiger partial charge in [-0.2, -0.15) is 0 Å². The van der Waals surface area contributed by atoms with Crippen LogP contribution in [0.3, 0.4) is 0 Å². The number of hydrogen-bond donors (Lipinski definition) is 2. The van der Waals surface area contributed by atoms with Crippen LogP contribution >= 0.6 is 0 Å². The maximum absolute atomic E-state index is 12.4. The summed E-state index contributed by atoms with van der Waals surface area (Å²) in [6.45, 7) is 0. The maximum Gasteiger partial charge on any atom is 0.417 e. The molecule has 0 fully saturated rings. The highest BCUT2D eigenvalue weighted by molar-refractivity contribution is 5.91. The Kier molecular flexibility index (Phi) is 6.13. The largest absolute Gasteiger partial charge is 0.508 e. The number of phenols is 1. The van der Waals surface area contributed by atoms with Gasteiger partial charge in [0.15, 0.2) is 0 Å². The molecular formula is C26H19NO5. The molecule has 0 unspecified atom stereocenters. The Bertz CT molecular complexity index is 1200. The summed E-state index contributed by atoms with van der Waals surface area (Å²) in [7, 11) is 0. The molecule has 1 amide bonds. The van der Waals surface area contributed by atoms with Gasteiger partial charge in [-0.05, 0) is 71.8 Å². The summed E-state index contributed by atoms with van der Waals surface area (Å²) in [5, 5.41) is 12.0. The van der Waals surface area contributed by atoms with Crippen LogP contribution in [0.1, 0.15) is 10.4 Å². The number of anilines is 1. The molecule has 0 saturated carbocycles. The second kappa shape index (κ2) is 9.49. The van der Waals surface area contributed by atoms with E-state index in [9.17, 15) is 14.7 Å². The molecule has 6 nitrogen and oxygen atoms in total. The Balaban J connectivity index is 1.34. The Morgan fingerprint density at radius 2 is 1.16 bits per heavy atom. The fraction of sp³-hybridized carbons (Fsp3) is 0. The Morgan fingerprint density at radius 3 is 1.75 bits per heavy atom. The van der Waals surface area contributed by atoms with Gasteiger partial charge in [-0.3, -0.25) is 5.32 Å². The van der Waals surface area contributed by atoms with Crippen LogP contribution in [0.25, 0.3) is 11.1 Å². The van der Waals surface area contributed by atoms with E-state index < -0.39 is 12.1 Å². The van der Waals surface area contributed by atoms with E-state index in [1.165, 1.54) is 0 Å². The van der Waals surface area contributed by atoms with Crippen LogP contribution in [0.2, 0.25) is 0 Å². The zero-order chi connectivity index (χ0) is 22.3. The molecule has 0 spiro atoms. The fourth-order valence-corrected chi connectivity index (χ4v) is 2.97. The zero-order valence-corrected chi connectivity index (χ0v) is 16.9. The molecule has 0 radical (unpaired) electrons. The van der Waals surface area contributed by atoms with Crippen LogP contribution in [-0.2, 0) is 0 Å². The van der Waals surface area contributed by atoms with Gasteiger partial charge in [0.2, 0.25) is 0 Å². The number of carbonyl (C=O) groups is 2. The van der Waals surface area contributed by atoms with Crippen molar-refractivity contribution in [3.63, 3.8) is 0 Å². The number of ether oxygens (including phenoxy) is 2. The molecule has 4 rings (SSSR count). The molecule has 0 aliphatic carbocycles. The summed E-state index contributed by atoms with van der Waals surface area (Å²) >= 11 is 0. The first-order chi connectivity index (χ1) is 15.6. The SMILES string of the molecule is O=C(Nc1ccccc1)Oc1ccc(OC(=O)c2ccc(-c3ccc(O)cc3)cc2)cc1. The van der Waals surface area contributed by atoms with E-state index in [1.807, 2.05) is 18.2 Å². The lowest BCUT2D eigenvalue weighted by molar-refractivity contribution is 0.0734. The normalized spacial score (nSPS) is 10.2. The molecule has 0 heterocycles. The van der Waals surface area contributed by atoms with Crippen molar-refractivity contribution < 1.29 is 24.2 Å². The molecule has 0 aromatic heterocycles. The van der Waals surface area contributed by atoms with Crippen molar-refractivity contribution in [2.24, 2.45) is 0 Å². The predicted octanol–water partition coefficient (Wildman–Crippen LogP) is 5.89. The predicted molar refractivity (Wildman–Crippen MR) is 121 cm³/mol. The molecule has 0 aliphatic rings. The number of benzene rings is 4. The van der Waals surface area contributed by atoms with Gasteiger partial charge < -0.3 is 14.6 Å². The summed E-state index contributed by atoms with van der Waals surface area (Å²) in [4.78, 5) is 24.4. The van der Waals surface area contributed by atoms with Gasteiger partial charge in [0.25, 0.3) is 0 Å². The summed E-state index contributed by atoms with van der Waals surface area (Å²) in [6, 6.07) is 28.9. The number of amides is 1. The summed E-state index contributed by atoms with van der Waals surface area (Å²) in [5.41, 5.74) is 2.86. The zero-order valence-electron chi connectivity index (χ0n) is 16.9. The molecule has 2 N–H and O–H groups in total. The van der Waals surface area contributed by atoms with E-state index in [0.717, 1.165) is 11.1 Å². The second-order valence-electron chi connectivity index (χ2n) is 6.87. The summed E-state index contributed by atoms with van der Waals surface area (Å²) in [5.74, 6) is 0.338. The van der Waals surface area contributed by atoms with Crippen molar-refractivity contribution in [3.05, 3.63) is 109 Å². The summed E-state index contributed by atoms with van der Waals surface area (Å²) < 4.78 is 10.6. The topological polar surface area (TPSA) is 84.9 Å². The first-order valence-corrected chi connectivity index (χ1v) is 9.82. The minimum Gasteiger partial charge on any atom is -0.508 e. The second-order valence-corrected chi connectivity index (χ2v) is 6.87. The van der Waals surface area contributed by atoms with Gasteiger partial charge in [-0.15, -0.1) is 0 Å². The average Bonchev–Trinajstić information content (AvgIpc) is 2.81. The van der Waals surface area contributed by atoms with Gasteiger partial charge in [0.05, 0.1) is 5.56 Å². The van der Waals surface area contributed by atoms with Crippen molar-refractivity contribution in [3.8, 4) is 28.4 Å². The number of phenolic OH excluding ortho intramolecular Hbond substituents is 1. The third-order valence-corrected chi connectivity index (χ3v) is 4.59. The lowest BCUT2D eigenvalue weighted by Crippen LogP contribution is -2.16. The molecule has 4 aromatic carbocycles. The van der Waals surface area contributed by atoms with Crippen LogP contribution in [0.15, 0.2) is 103 Å². The maximum atomic E-state index is 12.4. The van der Waals surface area contributed by atoms with Gasteiger partial charge in [0.1, 0.15) is 17.2 Å². The quantitative estimate of drug-likeness (QED) is 0.308. The van der Waals surface area contributed by atoms with Gasteiger partial charge >= 0.3 is 12.1 Å². The lowest BCUT2D eigenvalue weighted by Gasteiger charge is -2.08. The first-order valence-electron chi connectivity index (χ1n) is 9.82. The number of carbonyl (C=O) groups excluding carboxylic acids is 2. The van der Waals surface area contributed by atoms with E-state index >= 15 is 0 Å². The van der Waals surface area contributed by atoms with Crippen LogP contribution in [0.4, 0.5) is 10.5 Å². The van der Waals surface area contributed by atoms with E-state index in [1.54, 1.807) is 84.9 Å². The molecular weight excluding hydrogens is 406 g/mol. The molecule has 4 aromatic rings. The molecule has 0 aliphatic heterocycles. The van der Waals surface area contributed by atoms with E-state index in [-0.39, 0.29) is 5.75 Å². The van der Waals surface area contributed by atoms with E-state index in [4.69, 9.17) is 9.47 Å². The Labute approximate surface area is 184 Å². The van der Waals surface area contributed by atoms with Crippen LogP contribution in [0, 0.1) is 0 Å². The molecule has 32 heavy (non-hydrogen) atoms. The highest BCUT2D eigenvalue weighted by Crippen LogP contribution is 2.23. The fourth-order valence-electron chi connectivity index (χ4n) is 2.97. The van der Waals surface area contributed by atoms with Crippen molar-refractivity contribution in [1.82, 2.24) is 0 Å². The Hall–Kier alpha value is -4.58. The van der Waals surface area contributed by atoms with Crippen molar-refractivity contribution >= 4 is 17.7 Å². The number of esters is 1. The van der Waals surface area contributed by atoms with Crippen LogP contribution in [0.5, 0.6) is 17.2 Å². The number of aromatic hydroxyl groups is 1. The van der Waals surface area contributed by atoms with Crippen molar-refractivity contribution in [2.45, 2.75) is 0 Å². The molecule has 0 saturated heterocycles. The standard InChI is InChI=1S/C26H19NO5/c28-22-12-10-19(11-13-22)18-6-8-20(9-7-18)25(29)31-23-14-16-24(17-15-23)32-26(30)27-21-4-2-1-3-5-21/h1-17,28H,(H,27,30). The molecule has 0 bridgehead atoms. The van der Waals surface area contributed by atoms with Crippen LogP contribution in [-0.4, -0.2) is 17.2 Å². The van der Waals surface area contributed by atoms with Crippen LogP contribution < -0.4 is 14.8 Å². The number of nitrogens with one attached hydrogen (secondary N) is 1. The highest BCUT2D eigenvalue weighted by atomic mass is 16.6. The number of hydrogen-bond acceptors (Lipinski definition) is 5. The van der Waals surface area contributed by atoms with E-state index in [2.05, 4.69) is 5.32 Å². The minimum absolute atomic E-state index is 0.196. The molecule has 6 heteroatoms. The van der Waals surface area contributed by atoms with Crippen molar-refractivity contribution in [1.29, 1.82) is 0 Å². The number of para-hydroxylation sites is 1. The molecule has 0 atom stereocenters. The van der Waals surface area contributed by atoms with Gasteiger partial charge in [-0.1, -0.05) is 42.5 Å². The first kappa shape index (κ1) is 20.7. The monoisotopic (exact) mass is 425 g/mol. The highest BCUT2D eigenvalue weighted by Gasteiger charge is 2.10. The molecule has 158 valence electrons. The van der Waals surface area contributed by atoms with Gasteiger partial charge in [0, 0.05) is 5.69 Å². The van der Waals surface area contributed by atoms with E-state index in [0.29, 0.717) is 22.7 Å². The third kappa shape index (κ3) is 5.31. The van der Waals surface area contributed by atoms with Crippen molar-refractivity contribution in [2.75, 3.05) is 5.32 Å². The van der Waals surface area contributed by atoms with Gasteiger partial charge in [-0.25, -0.2) is 9.59 Å².